The molecule has 1 rings (SSSR count). The van der Waals surface area contributed by atoms with E-state index >= 15 is 0 Å². The first-order chi connectivity index (χ1) is 5.80. The second-order valence-electron chi connectivity index (χ2n) is 3.57. The predicted molar refractivity (Wildman–Crippen MR) is 54.0 cm³/mol. The topological polar surface area (TPSA) is 26.0 Å². The summed E-state index contributed by atoms with van der Waals surface area (Å²) in [5.41, 5.74) is 7.14. The second kappa shape index (κ2) is 5.15. The van der Waals surface area contributed by atoms with Crippen molar-refractivity contribution in [1.29, 1.82) is 0 Å². The van der Waals surface area contributed by atoms with Gasteiger partial charge in [0.15, 0.2) is 0 Å². The average Bonchev–Trinajstić information content (AvgIpc) is 2.08. The van der Waals surface area contributed by atoms with Crippen molar-refractivity contribution >= 4 is 0 Å². The lowest BCUT2D eigenvalue weighted by atomic mass is 9.98. The zero-order chi connectivity index (χ0) is 8.81. The molecule has 68 valence electrons. The van der Waals surface area contributed by atoms with Crippen molar-refractivity contribution in [3.63, 3.8) is 0 Å². The fraction of sp³-hybridized carbons (Fsp3) is 0.636. The van der Waals surface area contributed by atoms with Gasteiger partial charge in [-0.15, -0.1) is 0 Å². The van der Waals surface area contributed by atoms with Gasteiger partial charge in [0.05, 0.1) is 0 Å². The Morgan fingerprint density at radius 2 is 2.08 bits per heavy atom. The first-order valence-electron chi connectivity index (χ1n) is 4.89. The van der Waals surface area contributed by atoms with E-state index in [-0.39, 0.29) is 6.04 Å². The SMILES string of the molecule is C=C1CCCCC/C=C\CC1N. The van der Waals surface area contributed by atoms with Crippen LogP contribution in [0.1, 0.15) is 38.5 Å². The second-order valence-corrected chi connectivity index (χ2v) is 3.57. The van der Waals surface area contributed by atoms with Crippen LogP contribution in [0.15, 0.2) is 24.3 Å². The summed E-state index contributed by atoms with van der Waals surface area (Å²) in [6, 6.07) is 0.194. The van der Waals surface area contributed by atoms with E-state index in [0.717, 1.165) is 12.8 Å². The summed E-state index contributed by atoms with van der Waals surface area (Å²) in [6.07, 6.45) is 11.7. The van der Waals surface area contributed by atoms with Crippen LogP contribution in [0.5, 0.6) is 0 Å². The normalized spacial score (nSPS) is 29.8. The van der Waals surface area contributed by atoms with Gasteiger partial charge < -0.3 is 5.73 Å². The Bertz CT molecular complexity index is 170. The van der Waals surface area contributed by atoms with Crippen LogP contribution in [0.25, 0.3) is 0 Å². The number of hydrogen-bond donors (Lipinski definition) is 1. The van der Waals surface area contributed by atoms with Gasteiger partial charge in [-0.3, -0.25) is 0 Å². The van der Waals surface area contributed by atoms with E-state index in [0.29, 0.717) is 0 Å². The molecule has 1 aliphatic carbocycles. The third-order valence-electron chi connectivity index (χ3n) is 2.45. The molecule has 0 saturated carbocycles. The molecule has 0 aromatic carbocycles. The molecule has 12 heavy (non-hydrogen) atoms. The van der Waals surface area contributed by atoms with Crippen molar-refractivity contribution in [2.45, 2.75) is 44.6 Å². The Labute approximate surface area is 75.3 Å². The molecule has 1 atom stereocenters. The maximum atomic E-state index is 5.92. The van der Waals surface area contributed by atoms with Crippen molar-refractivity contribution in [3.8, 4) is 0 Å². The van der Waals surface area contributed by atoms with E-state index in [9.17, 15) is 0 Å². The highest BCUT2D eigenvalue weighted by Crippen LogP contribution is 2.15. The molecule has 1 aliphatic rings. The largest absolute Gasteiger partial charge is 0.324 e. The third kappa shape index (κ3) is 3.22. The van der Waals surface area contributed by atoms with Gasteiger partial charge in [0.1, 0.15) is 0 Å². The van der Waals surface area contributed by atoms with Crippen molar-refractivity contribution in [2.24, 2.45) is 5.73 Å². The molecular weight excluding hydrogens is 146 g/mol. The van der Waals surface area contributed by atoms with Crippen LogP contribution >= 0.6 is 0 Å². The van der Waals surface area contributed by atoms with E-state index < -0.39 is 0 Å². The van der Waals surface area contributed by atoms with Crippen LogP contribution in [0.2, 0.25) is 0 Å². The molecule has 1 nitrogen and oxygen atoms in total. The number of allylic oxidation sites excluding steroid dienone is 1. The van der Waals surface area contributed by atoms with Gasteiger partial charge in [-0.2, -0.15) is 0 Å². The fourth-order valence-electron chi connectivity index (χ4n) is 1.50. The Kier molecular flexibility index (Phi) is 4.09. The molecule has 1 unspecified atom stereocenters. The predicted octanol–water partition coefficient (Wildman–Crippen LogP) is 2.78. The number of hydrogen-bond acceptors (Lipinski definition) is 1. The Balaban J connectivity index is 2.43. The van der Waals surface area contributed by atoms with Crippen LogP contribution < -0.4 is 5.73 Å². The number of nitrogens with two attached hydrogens (primary N) is 1. The Morgan fingerprint density at radius 1 is 1.25 bits per heavy atom. The summed E-state index contributed by atoms with van der Waals surface area (Å²) < 4.78 is 0. The maximum absolute atomic E-state index is 5.92. The molecule has 1 heteroatoms. The van der Waals surface area contributed by atoms with Crippen LogP contribution in [-0.4, -0.2) is 6.04 Å². The van der Waals surface area contributed by atoms with Gasteiger partial charge in [0.2, 0.25) is 0 Å². The third-order valence-corrected chi connectivity index (χ3v) is 2.45. The van der Waals surface area contributed by atoms with Crippen LogP contribution in [-0.2, 0) is 0 Å². The van der Waals surface area contributed by atoms with Gasteiger partial charge in [-0.1, -0.05) is 30.7 Å². The summed E-state index contributed by atoms with van der Waals surface area (Å²) in [5.74, 6) is 0. The minimum absolute atomic E-state index is 0.194. The molecule has 0 aromatic rings. The zero-order valence-electron chi connectivity index (χ0n) is 7.76. The summed E-state index contributed by atoms with van der Waals surface area (Å²) >= 11 is 0. The summed E-state index contributed by atoms with van der Waals surface area (Å²) in [7, 11) is 0. The molecule has 0 amide bonds. The molecule has 2 N–H and O–H groups in total. The standard InChI is InChI=1S/C11H19N/c1-10-8-6-4-2-3-5-7-9-11(10)12/h5,7,11H,1-4,6,8-9,12H2/b7-5-. The van der Waals surface area contributed by atoms with Gasteiger partial charge in [0.25, 0.3) is 0 Å². The molecule has 0 aliphatic heterocycles. The Morgan fingerprint density at radius 3 is 2.92 bits per heavy atom. The molecule has 0 bridgehead atoms. The van der Waals surface area contributed by atoms with Crippen molar-refractivity contribution in [1.82, 2.24) is 0 Å². The smallest absolute Gasteiger partial charge is 0.0285 e. The molecule has 0 radical (unpaired) electrons. The van der Waals surface area contributed by atoms with E-state index in [1.54, 1.807) is 0 Å². The minimum atomic E-state index is 0.194. The monoisotopic (exact) mass is 165 g/mol. The molecule has 0 heterocycles. The zero-order valence-corrected chi connectivity index (χ0v) is 7.76. The maximum Gasteiger partial charge on any atom is 0.0285 e. The molecule has 0 spiro atoms. The van der Waals surface area contributed by atoms with Crippen LogP contribution in [0.3, 0.4) is 0 Å². The summed E-state index contributed by atoms with van der Waals surface area (Å²) in [5, 5.41) is 0. The van der Waals surface area contributed by atoms with Crippen molar-refractivity contribution in [2.75, 3.05) is 0 Å². The number of rotatable bonds is 0. The van der Waals surface area contributed by atoms with Gasteiger partial charge in [-0.25, -0.2) is 0 Å². The molecule has 0 fully saturated rings. The van der Waals surface area contributed by atoms with Crippen molar-refractivity contribution < 1.29 is 0 Å². The fourth-order valence-corrected chi connectivity index (χ4v) is 1.50. The highest BCUT2D eigenvalue weighted by atomic mass is 14.6. The highest BCUT2D eigenvalue weighted by Gasteiger charge is 2.05. The van der Waals surface area contributed by atoms with Crippen LogP contribution in [0.4, 0.5) is 0 Å². The van der Waals surface area contributed by atoms with Gasteiger partial charge >= 0.3 is 0 Å². The first-order valence-corrected chi connectivity index (χ1v) is 4.89. The minimum Gasteiger partial charge on any atom is -0.324 e. The van der Waals surface area contributed by atoms with Crippen LogP contribution in [0, 0.1) is 0 Å². The molecule has 0 aromatic heterocycles. The van der Waals surface area contributed by atoms with Gasteiger partial charge in [0, 0.05) is 6.04 Å². The summed E-state index contributed by atoms with van der Waals surface area (Å²) in [6.45, 7) is 4.01. The lowest BCUT2D eigenvalue weighted by Gasteiger charge is -2.13. The Hall–Kier alpha value is -0.560. The van der Waals surface area contributed by atoms with E-state index in [1.165, 1.54) is 31.3 Å². The summed E-state index contributed by atoms with van der Waals surface area (Å²) in [4.78, 5) is 0. The van der Waals surface area contributed by atoms with E-state index in [2.05, 4.69) is 18.7 Å². The highest BCUT2D eigenvalue weighted by molar-refractivity contribution is 5.07. The first kappa shape index (κ1) is 9.53. The van der Waals surface area contributed by atoms with E-state index in [1.807, 2.05) is 0 Å². The lowest BCUT2D eigenvalue weighted by Crippen LogP contribution is -2.21. The average molecular weight is 165 g/mol. The van der Waals surface area contributed by atoms with Crippen molar-refractivity contribution in [3.05, 3.63) is 24.3 Å². The molecule has 0 saturated heterocycles. The quantitative estimate of drug-likeness (QED) is 0.549. The lowest BCUT2D eigenvalue weighted by molar-refractivity contribution is 0.637. The molecular formula is C11H19N. The van der Waals surface area contributed by atoms with E-state index in [4.69, 9.17) is 5.73 Å². The van der Waals surface area contributed by atoms with Gasteiger partial charge in [-0.05, 0) is 32.1 Å².